The van der Waals surface area contributed by atoms with Gasteiger partial charge in [0.1, 0.15) is 12.1 Å². The number of carbonyl (C=O) groups is 2. The van der Waals surface area contributed by atoms with Crippen LogP contribution in [0.15, 0.2) is 27.6 Å². The quantitative estimate of drug-likeness (QED) is 0.885. The molecule has 2 heterocycles. The van der Waals surface area contributed by atoms with E-state index in [1.54, 1.807) is 13.0 Å². The van der Waals surface area contributed by atoms with E-state index >= 15 is 0 Å². The van der Waals surface area contributed by atoms with Crippen LogP contribution in [0.5, 0.6) is 0 Å². The molecular weight excluding hydrogens is 340 g/mol. The number of aliphatic carboxylic acids is 1. The van der Waals surface area contributed by atoms with Crippen LogP contribution in [0, 0.1) is 0 Å². The minimum atomic E-state index is -1.13. The van der Waals surface area contributed by atoms with Gasteiger partial charge in [-0.2, -0.15) is 0 Å². The summed E-state index contributed by atoms with van der Waals surface area (Å²) in [6.45, 7) is 2.04. The van der Waals surface area contributed by atoms with Crippen LogP contribution < -0.4 is 5.56 Å². The summed E-state index contributed by atoms with van der Waals surface area (Å²) >= 11 is 3.25. The van der Waals surface area contributed by atoms with E-state index in [1.165, 1.54) is 21.7 Å². The van der Waals surface area contributed by atoms with Crippen molar-refractivity contribution in [3.63, 3.8) is 0 Å². The molecule has 1 unspecified atom stereocenters. The fourth-order valence-corrected chi connectivity index (χ4v) is 3.22. The first kappa shape index (κ1) is 15.8. The molecule has 1 amide bonds. The summed E-state index contributed by atoms with van der Waals surface area (Å²) in [5.41, 5.74) is -1.42. The van der Waals surface area contributed by atoms with Crippen molar-refractivity contribution in [3.8, 4) is 0 Å². The third-order valence-corrected chi connectivity index (χ3v) is 4.49. The largest absolute Gasteiger partial charge is 0.479 e. The zero-order valence-electron chi connectivity index (χ0n) is 11.7. The van der Waals surface area contributed by atoms with Crippen LogP contribution in [0.25, 0.3) is 0 Å². The number of carboxylic acid groups (broad SMARTS) is 1. The van der Waals surface area contributed by atoms with Crippen LogP contribution >= 0.6 is 15.9 Å². The van der Waals surface area contributed by atoms with Crippen LogP contribution in [0.2, 0.25) is 0 Å². The lowest BCUT2D eigenvalue weighted by Gasteiger charge is -2.34. The number of carbonyl (C=O) groups excluding carboxylic acids is 1. The Hall–Kier alpha value is -1.63. The Kier molecular flexibility index (Phi) is 4.51. The number of rotatable bonds is 4. The maximum Gasteiger partial charge on any atom is 0.329 e. The van der Waals surface area contributed by atoms with Crippen molar-refractivity contribution < 1.29 is 14.7 Å². The van der Waals surface area contributed by atoms with Crippen LogP contribution in [-0.4, -0.2) is 38.5 Å². The molecule has 0 spiro atoms. The lowest BCUT2D eigenvalue weighted by atomic mass is 9.93. The van der Waals surface area contributed by atoms with Gasteiger partial charge in [-0.05, 0) is 41.3 Å². The Morgan fingerprint density at radius 1 is 1.43 bits per heavy atom. The second-order valence-electron chi connectivity index (χ2n) is 5.15. The van der Waals surface area contributed by atoms with E-state index in [9.17, 15) is 19.5 Å². The van der Waals surface area contributed by atoms with E-state index in [-0.39, 0.29) is 18.0 Å². The summed E-state index contributed by atoms with van der Waals surface area (Å²) in [7, 11) is 0. The molecule has 1 aromatic rings. The van der Waals surface area contributed by atoms with Crippen molar-refractivity contribution in [2.75, 3.05) is 6.54 Å². The highest BCUT2D eigenvalue weighted by Crippen LogP contribution is 2.33. The second kappa shape index (κ2) is 6.01. The first-order valence-electron chi connectivity index (χ1n) is 6.80. The molecule has 21 heavy (non-hydrogen) atoms. The number of hydrogen-bond acceptors (Lipinski definition) is 3. The molecule has 7 heteroatoms. The molecule has 0 aliphatic carbocycles. The molecule has 1 aliphatic rings. The number of amides is 1. The highest BCUT2D eigenvalue weighted by molar-refractivity contribution is 9.10. The molecule has 1 aromatic heterocycles. The molecule has 0 bridgehead atoms. The number of aromatic nitrogens is 1. The monoisotopic (exact) mass is 356 g/mol. The molecule has 1 N–H and O–H groups in total. The summed E-state index contributed by atoms with van der Waals surface area (Å²) < 4.78 is 1.98. The first-order chi connectivity index (χ1) is 9.90. The fourth-order valence-electron chi connectivity index (χ4n) is 2.84. The highest BCUT2D eigenvalue weighted by Gasteiger charge is 2.48. The van der Waals surface area contributed by atoms with Crippen LogP contribution in [-0.2, 0) is 16.1 Å². The minimum absolute atomic E-state index is 0.146. The third kappa shape index (κ3) is 2.88. The topological polar surface area (TPSA) is 79.6 Å². The lowest BCUT2D eigenvalue weighted by Crippen LogP contribution is -2.53. The number of likely N-dealkylation sites (tertiary alicyclic amines) is 1. The number of halogens is 1. The molecule has 6 nitrogen and oxygen atoms in total. The third-order valence-electron chi connectivity index (χ3n) is 4.03. The Labute approximate surface area is 130 Å². The van der Waals surface area contributed by atoms with Gasteiger partial charge in [-0.15, -0.1) is 0 Å². The molecule has 1 fully saturated rings. The van der Waals surface area contributed by atoms with E-state index in [4.69, 9.17) is 0 Å². The molecule has 1 saturated heterocycles. The van der Waals surface area contributed by atoms with Gasteiger partial charge in [-0.1, -0.05) is 6.92 Å². The standard InChI is InChI=1S/C14H17BrN2O4/c1-2-14(13(20)21)6-3-7-17(14)12(19)9-16-8-10(15)4-5-11(16)18/h4-5,8H,2-3,6-7,9H2,1H3,(H,20,21). The minimum Gasteiger partial charge on any atom is -0.479 e. The van der Waals surface area contributed by atoms with Crippen LogP contribution in [0.1, 0.15) is 26.2 Å². The van der Waals surface area contributed by atoms with Crippen molar-refractivity contribution in [2.24, 2.45) is 0 Å². The lowest BCUT2D eigenvalue weighted by molar-refractivity contribution is -0.157. The Morgan fingerprint density at radius 2 is 2.14 bits per heavy atom. The average Bonchev–Trinajstić information content (AvgIpc) is 2.88. The summed E-state index contributed by atoms with van der Waals surface area (Å²) in [6, 6.07) is 2.97. The fraction of sp³-hybridized carbons (Fsp3) is 0.500. The van der Waals surface area contributed by atoms with Crippen molar-refractivity contribution in [2.45, 2.75) is 38.3 Å². The summed E-state index contributed by atoms with van der Waals surface area (Å²) in [4.78, 5) is 37.2. The van der Waals surface area contributed by atoms with Gasteiger partial charge in [0.05, 0.1) is 0 Å². The zero-order chi connectivity index (χ0) is 15.6. The van der Waals surface area contributed by atoms with E-state index in [0.29, 0.717) is 30.3 Å². The predicted octanol–water partition coefficient (Wildman–Crippen LogP) is 1.47. The van der Waals surface area contributed by atoms with E-state index < -0.39 is 11.5 Å². The summed E-state index contributed by atoms with van der Waals surface area (Å²) in [6.07, 6.45) is 3.02. The number of carboxylic acids is 1. The van der Waals surface area contributed by atoms with Gasteiger partial charge in [-0.25, -0.2) is 4.79 Å². The van der Waals surface area contributed by atoms with Gasteiger partial charge in [-0.3, -0.25) is 9.59 Å². The SMILES string of the molecule is CCC1(C(=O)O)CCCN1C(=O)Cn1cc(Br)ccc1=O. The maximum atomic E-state index is 12.4. The maximum absolute atomic E-state index is 12.4. The van der Waals surface area contributed by atoms with E-state index in [1.807, 2.05) is 0 Å². The number of hydrogen-bond donors (Lipinski definition) is 1. The van der Waals surface area contributed by atoms with E-state index in [0.717, 1.165) is 0 Å². The Morgan fingerprint density at radius 3 is 2.76 bits per heavy atom. The summed E-state index contributed by atoms with van der Waals surface area (Å²) in [5.74, 6) is -1.31. The van der Waals surface area contributed by atoms with Gasteiger partial charge in [0.25, 0.3) is 5.56 Å². The molecule has 1 atom stereocenters. The number of nitrogens with zero attached hydrogens (tertiary/aromatic N) is 2. The smallest absolute Gasteiger partial charge is 0.329 e. The van der Waals surface area contributed by atoms with Crippen molar-refractivity contribution >= 4 is 27.8 Å². The molecular formula is C14H17BrN2O4. The Bertz CT molecular complexity index is 628. The van der Waals surface area contributed by atoms with Gasteiger partial charge >= 0.3 is 5.97 Å². The van der Waals surface area contributed by atoms with Crippen molar-refractivity contribution in [3.05, 3.63) is 33.2 Å². The van der Waals surface area contributed by atoms with Crippen LogP contribution in [0.3, 0.4) is 0 Å². The molecule has 0 aromatic carbocycles. The van der Waals surface area contributed by atoms with Crippen molar-refractivity contribution in [1.29, 1.82) is 0 Å². The van der Waals surface area contributed by atoms with Gasteiger partial charge in [0.2, 0.25) is 5.91 Å². The first-order valence-corrected chi connectivity index (χ1v) is 7.60. The Balaban J connectivity index is 2.25. The van der Waals surface area contributed by atoms with Gasteiger partial charge in [0.15, 0.2) is 0 Å². The molecule has 1 aliphatic heterocycles. The molecule has 0 saturated carbocycles. The second-order valence-corrected chi connectivity index (χ2v) is 6.07. The van der Waals surface area contributed by atoms with Crippen LogP contribution in [0.4, 0.5) is 0 Å². The zero-order valence-corrected chi connectivity index (χ0v) is 13.3. The van der Waals surface area contributed by atoms with Gasteiger partial charge in [0, 0.05) is 23.3 Å². The van der Waals surface area contributed by atoms with Crippen molar-refractivity contribution in [1.82, 2.24) is 9.47 Å². The van der Waals surface area contributed by atoms with Gasteiger partial charge < -0.3 is 14.6 Å². The normalized spacial score (nSPS) is 21.5. The van der Waals surface area contributed by atoms with E-state index in [2.05, 4.69) is 15.9 Å². The molecule has 2 rings (SSSR count). The molecule has 0 radical (unpaired) electrons. The predicted molar refractivity (Wildman–Crippen MR) is 80.0 cm³/mol. The average molecular weight is 357 g/mol. The molecule has 114 valence electrons. The summed E-state index contributed by atoms with van der Waals surface area (Å²) in [5, 5.41) is 9.48. The highest BCUT2D eigenvalue weighted by atomic mass is 79.9. The number of pyridine rings is 1.